The Bertz CT molecular complexity index is 530. The summed E-state index contributed by atoms with van der Waals surface area (Å²) in [6, 6.07) is 7.49. The first kappa shape index (κ1) is 12.3. The van der Waals surface area contributed by atoms with Crippen LogP contribution in [-0.4, -0.2) is 9.97 Å². The van der Waals surface area contributed by atoms with Crippen LogP contribution in [0.5, 0.6) is 5.75 Å². The smallest absolute Gasteiger partial charge is 0.168 e. The highest BCUT2D eigenvalue weighted by Gasteiger charge is 2.02. The molecule has 0 aliphatic heterocycles. The summed E-state index contributed by atoms with van der Waals surface area (Å²) in [5.41, 5.74) is 3.25. The molecular weight excluding hydrogens is 235 g/mol. The van der Waals surface area contributed by atoms with Crippen LogP contribution in [-0.2, 0) is 6.61 Å². The number of ether oxygens (including phenoxy) is 1. The summed E-state index contributed by atoms with van der Waals surface area (Å²) in [5.74, 6) is 6.58. The molecule has 0 bridgehead atoms. The molecule has 0 aliphatic carbocycles. The molecule has 0 unspecified atom stereocenters. The lowest BCUT2D eigenvalue weighted by molar-refractivity contribution is 0.295. The number of halogens is 1. The van der Waals surface area contributed by atoms with E-state index in [-0.39, 0.29) is 12.4 Å². The average Bonchev–Trinajstić information content (AvgIpc) is 2.37. The molecule has 0 atom stereocenters. The molecule has 18 heavy (non-hydrogen) atoms. The van der Waals surface area contributed by atoms with Gasteiger partial charge in [0.05, 0.1) is 0 Å². The van der Waals surface area contributed by atoms with E-state index in [0.717, 1.165) is 5.69 Å². The van der Waals surface area contributed by atoms with Gasteiger partial charge in [0.15, 0.2) is 5.82 Å². The van der Waals surface area contributed by atoms with Gasteiger partial charge in [-0.2, -0.15) is 0 Å². The summed E-state index contributed by atoms with van der Waals surface area (Å²) in [5, 5.41) is 0. The molecule has 0 fully saturated rings. The zero-order chi connectivity index (χ0) is 13.0. The summed E-state index contributed by atoms with van der Waals surface area (Å²) >= 11 is 0. The van der Waals surface area contributed by atoms with Crippen molar-refractivity contribution in [1.82, 2.24) is 9.97 Å². The molecule has 0 spiro atoms. The number of nitrogens with zero attached hydrogens (tertiary/aromatic N) is 2. The van der Waals surface area contributed by atoms with Gasteiger partial charge in [0.1, 0.15) is 24.0 Å². The van der Waals surface area contributed by atoms with Crippen molar-refractivity contribution in [3.8, 4) is 5.75 Å². The second kappa shape index (κ2) is 5.42. The normalized spacial score (nSPS) is 10.2. The Balaban J connectivity index is 2.05. The molecule has 2 aromatic rings. The summed E-state index contributed by atoms with van der Waals surface area (Å²) in [6.07, 6.45) is 0. The van der Waals surface area contributed by atoms with E-state index in [1.165, 1.54) is 12.1 Å². The highest BCUT2D eigenvalue weighted by molar-refractivity contribution is 5.34. The number of nitrogen functional groups attached to an aromatic ring is 1. The number of nitrogens with two attached hydrogens (primary N) is 1. The highest BCUT2D eigenvalue weighted by Crippen LogP contribution is 2.13. The van der Waals surface area contributed by atoms with Crippen molar-refractivity contribution in [3.63, 3.8) is 0 Å². The van der Waals surface area contributed by atoms with E-state index >= 15 is 0 Å². The maximum Gasteiger partial charge on any atom is 0.168 e. The minimum atomic E-state index is -0.302. The van der Waals surface area contributed by atoms with Gasteiger partial charge in [-0.1, -0.05) is 0 Å². The Kier molecular flexibility index (Phi) is 3.69. The van der Waals surface area contributed by atoms with Gasteiger partial charge in [0.25, 0.3) is 0 Å². The van der Waals surface area contributed by atoms with Crippen LogP contribution >= 0.6 is 0 Å². The van der Waals surface area contributed by atoms with Crippen LogP contribution in [0.3, 0.4) is 0 Å². The zero-order valence-corrected chi connectivity index (χ0v) is 9.85. The molecule has 1 heterocycles. The number of aromatic nitrogens is 2. The number of nitrogens with one attached hydrogen (secondary N) is 1. The van der Waals surface area contributed by atoms with Crippen molar-refractivity contribution >= 4 is 5.82 Å². The summed E-state index contributed by atoms with van der Waals surface area (Å²) in [4.78, 5) is 8.35. The van der Waals surface area contributed by atoms with Gasteiger partial charge < -0.3 is 10.2 Å². The maximum atomic E-state index is 12.7. The third kappa shape index (κ3) is 3.14. The van der Waals surface area contributed by atoms with E-state index in [0.29, 0.717) is 17.4 Å². The average molecular weight is 248 g/mol. The molecule has 0 amide bonds. The fraction of sp³-hybridized carbons (Fsp3) is 0.167. The second-order valence-corrected chi connectivity index (χ2v) is 3.70. The van der Waals surface area contributed by atoms with Crippen molar-refractivity contribution in [3.05, 3.63) is 47.7 Å². The SMILES string of the molecule is Cc1cc(NN)nc(COc2ccc(F)cc2)n1. The predicted molar refractivity (Wildman–Crippen MR) is 65.3 cm³/mol. The van der Waals surface area contributed by atoms with Crippen LogP contribution in [0.15, 0.2) is 30.3 Å². The molecule has 94 valence electrons. The first-order valence-electron chi connectivity index (χ1n) is 5.37. The minimum Gasteiger partial charge on any atom is -0.486 e. The van der Waals surface area contributed by atoms with Crippen molar-refractivity contribution in [2.24, 2.45) is 5.84 Å². The summed E-state index contributed by atoms with van der Waals surface area (Å²) in [7, 11) is 0. The topological polar surface area (TPSA) is 73.1 Å². The zero-order valence-electron chi connectivity index (χ0n) is 9.85. The fourth-order valence-electron chi connectivity index (χ4n) is 1.45. The number of aryl methyl sites for hydroxylation is 1. The number of benzene rings is 1. The maximum absolute atomic E-state index is 12.7. The van der Waals surface area contributed by atoms with Gasteiger partial charge in [0.2, 0.25) is 0 Å². The van der Waals surface area contributed by atoms with E-state index < -0.39 is 0 Å². The molecule has 1 aromatic heterocycles. The van der Waals surface area contributed by atoms with Gasteiger partial charge in [-0.25, -0.2) is 20.2 Å². The lowest BCUT2D eigenvalue weighted by Gasteiger charge is -2.07. The van der Waals surface area contributed by atoms with Crippen LogP contribution < -0.4 is 16.0 Å². The molecule has 3 N–H and O–H groups in total. The number of rotatable bonds is 4. The highest BCUT2D eigenvalue weighted by atomic mass is 19.1. The molecule has 0 saturated heterocycles. The Morgan fingerprint density at radius 2 is 2.00 bits per heavy atom. The van der Waals surface area contributed by atoms with Gasteiger partial charge in [-0.15, -0.1) is 0 Å². The van der Waals surface area contributed by atoms with Crippen LogP contribution in [0, 0.1) is 12.7 Å². The lowest BCUT2D eigenvalue weighted by Crippen LogP contribution is -2.12. The van der Waals surface area contributed by atoms with Crippen LogP contribution in [0.25, 0.3) is 0 Å². The number of hydrogen-bond acceptors (Lipinski definition) is 5. The largest absolute Gasteiger partial charge is 0.486 e. The third-order valence-corrected chi connectivity index (χ3v) is 2.23. The number of hydrazine groups is 1. The molecular formula is C12H13FN4O. The fourth-order valence-corrected chi connectivity index (χ4v) is 1.45. The summed E-state index contributed by atoms with van der Waals surface area (Å²) in [6.45, 7) is 2.03. The Labute approximate surface area is 104 Å². The monoisotopic (exact) mass is 248 g/mol. The van der Waals surface area contributed by atoms with E-state index in [1.807, 2.05) is 6.92 Å². The molecule has 0 saturated carbocycles. The lowest BCUT2D eigenvalue weighted by atomic mass is 10.3. The van der Waals surface area contributed by atoms with Crippen LogP contribution in [0.2, 0.25) is 0 Å². The van der Waals surface area contributed by atoms with E-state index in [2.05, 4.69) is 15.4 Å². The van der Waals surface area contributed by atoms with Crippen molar-refractivity contribution < 1.29 is 9.13 Å². The van der Waals surface area contributed by atoms with Gasteiger partial charge in [0, 0.05) is 11.8 Å². The molecule has 6 heteroatoms. The first-order chi connectivity index (χ1) is 8.67. The Morgan fingerprint density at radius 1 is 1.28 bits per heavy atom. The first-order valence-corrected chi connectivity index (χ1v) is 5.37. The molecule has 0 radical (unpaired) electrons. The van der Waals surface area contributed by atoms with Crippen LogP contribution in [0.4, 0.5) is 10.2 Å². The summed E-state index contributed by atoms with van der Waals surface area (Å²) < 4.78 is 18.1. The van der Waals surface area contributed by atoms with Crippen molar-refractivity contribution in [2.75, 3.05) is 5.43 Å². The van der Waals surface area contributed by atoms with Gasteiger partial charge >= 0.3 is 0 Å². The molecule has 1 aromatic carbocycles. The third-order valence-electron chi connectivity index (χ3n) is 2.23. The van der Waals surface area contributed by atoms with E-state index in [4.69, 9.17) is 10.6 Å². The van der Waals surface area contributed by atoms with Gasteiger partial charge in [-0.3, -0.25) is 0 Å². The van der Waals surface area contributed by atoms with Crippen molar-refractivity contribution in [2.45, 2.75) is 13.5 Å². The minimum absolute atomic E-state index is 0.196. The molecule has 0 aliphatic rings. The predicted octanol–water partition coefficient (Wildman–Crippen LogP) is 1.79. The quantitative estimate of drug-likeness (QED) is 0.637. The number of anilines is 1. The Morgan fingerprint density at radius 3 is 2.67 bits per heavy atom. The standard InChI is InChI=1S/C12H13FN4O/c1-8-6-11(17-14)16-12(15-8)7-18-10-4-2-9(13)3-5-10/h2-6H,7,14H2,1H3,(H,15,16,17). The van der Waals surface area contributed by atoms with E-state index in [1.54, 1.807) is 18.2 Å². The molecule has 2 rings (SSSR count). The Hall–Kier alpha value is -2.21. The van der Waals surface area contributed by atoms with Crippen LogP contribution in [0.1, 0.15) is 11.5 Å². The van der Waals surface area contributed by atoms with Gasteiger partial charge in [-0.05, 0) is 31.2 Å². The van der Waals surface area contributed by atoms with Crippen molar-refractivity contribution in [1.29, 1.82) is 0 Å². The number of hydrogen-bond donors (Lipinski definition) is 2. The van der Waals surface area contributed by atoms with E-state index in [9.17, 15) is 4.39 Å². The molecule has 5 nitrogen and oxygen atoms in total. The second-order valence-electron chi connectivity index (χ2n) is 3.70.